The van der Waals surface area contributed by atoms with Crippen molar-refractivity contribution in [1.82, 2.24) is 23.9 Å². The molecule has 214 valence electrons. The molecule has 0 radical (unpaired) electrons. The van der Waals surface area contributed by atoms with Gasteiger partial charge in [0.15, 0.2) is 5.65 Å². The average molecular weight is 585 g/mol. The summed E-state index contributed by atoms with van der Waals surface area (Å²) < 4.78 is 27.1. The first-order chi connectivity index (χ1) is 19.0. The molecule has 3 atom stereocenters. The second-order valence-electron chi connectivity index (χ2n) is 12.7. The van der Waals surface area contributed by atoms with Gasteiger partial charge in [0.05, 0.1) is 16.3 Å². The third-order valence-electron chi connectivity index (χ3n) is 8.88. The third kappa shape index (κ3) is 4.39. The number of rotatable bonds is 8. The van der Waals surface area contributed by atoms with Crippen LogP contribution in [0.1, 0.15) is 32.6 Å². The fourth-order valence-electron chi connectivity index (χ4n) is 6.66. The van der Waals surface area contributed by atoms with Gasteiger partial charge >= 0.3 is 0 Å². The van der Waals surface area contributed by atoms with E-state index < -0.39 is 13.9 Å². The molecule has 0 unspecified atom stereocenters. The Balaban J connectivity index is 1.51. The Morgan fingerprint density at radius 3 is 2.62 bits per heavy atom. The zero-order valence-corrected chi connectivity index (χ0v) is 25.9. The summed E-state index contributed by atoms with van der Waals surface area (Å²) >= 11 is 6.41. The summed E-state index contributed by atoms with van der Waals surface area (Å²) in [6, 6.07) is 5.24. The number of hydrogen-bond donors (Lipinski definition) is 0. The highest BCUT2D eigenvalue weighted by molar-refractivity contribution is 6.76. The molecule has 2 aliphatic rings. The highest BCUT2D eigenvalue weighted by atomic mass is 35.5. The molecule has 0 N–H and O–H groups in total. The van der Waals surface area contributed by atoms with Gasteiger partial charge in [-0.15, -0.1) is 0 Å². The van der Waals surface area contributed by atoms with E-state index in [4.69, 9.17) is 21.3 Å². The highest BCUT2D eigenvalue weighted by Crippen LogP contribution is 2.45. The minimum absolute atomic E-state index is 0.188. The van der Waals surface area contributed by atoms with Gasteiger partial charge in [-0.1, -0.05) is 44.6 Å². The monoisotopic (exact) mass is 584 g/mol. The summed E-state index contributed by atoms with van der Waals surface area (Å²) in [6.45, 7) is 10.0. The quantitative estimate of drug-likeness (QED) is 0.183. The largest absolute Gasteiger partial charge is 0.361 e. The van der Waals surface area contributed by atoms with Crippen molar-refractivity contribution < 1.29 is 9.13 Å². The van der Waals surface area contributed by atoms with E-state index in [2.05, 4.69) is 36.6 Å². The Labute approximate surface area is 239 Å². The van der Waals surface area contributed by atoms with Crippen molar-refractivity contribution in [2.45, 2.75) is 77.1 Å². The lowest BCUT2D eigenvalue weighted by molar-refractivity contribution is 0.0899. The van der Waals surface area contributed by atoms with Gasteiger partial charge in [0.25, 0.3) is 5.56 Å². The number of halogens is 2. The van der Waals surface area contributed by atoms with E-state index in [9.17, 15) is 4.79 Å². The van der Waals surface area contributed by atoms with Gasteiger partial charge in [-0.05, 0) is 43.4 Å². The third-order valence-corrected chi connectivity index (χ3v) is 11.0. The van der Waals surface area contributed by atoms with Crippen molar-refractivity contribution >= 4 is 47.6 Å². The van der Waals surface area contributed by atoms with Crippen LogP contribution in [0.3, 0.4) is 0 Å². The minimum atomic E-state index is -1.28. The first-order valence-corrected chi connectivity index (χ1v) is 18.4. The molecule has 0 aliphatic carbocycles. The first-order valence-electron chi connectivity index (χ1n) is 14.3. The van der Waals surface area contributed by atoms with Crippen molar-refractivity contribution in [2.24, 2.45) is 20.0 Å². The van der Waals surface area contributed by atoms with E-state index >= 15 is 4.39 Å². The van der Waals surface area contributed by atoms with Crippen LogP contribution in [0.2, 0.25) is 30.8 Å². The molecular weight excluding hydrogens is 547 g/mol. The van der Waals surface area contributed by atoms with Crippen LogP contribution in [-0.4, -0.2) is 50.7 Å². The van der Waals surface area contributed by atoms with Crippen molar-refractivity contribution in [1.29, 1.82) is 0 Å². The zero-order valence-electron chi connectivity index (χ0n) is 24.2. The predicted octanol–water partition coefficient (Wildman–Crippen LogP) is 6.16. The number of fused-ring (bicyclic) bond motifs is 4. The van der Waals surface area contributed by atoms with Crippen LogP contribution >= 0.6 is 11.6 Å². The van der Waals surface area contributed by atoms with Crippen LogP contribution in [0, 0.1) is 11.7 Å². The molecule has 8 nitrogen and oxygen atoms in total. The second kappa shape index (κ2) is 9.99. The van der Waals surface area contributed by atoms with Crippen molar-refractivity contribution in [3.8, 4) is 11.1 Å². The van der Waals surface area contributed by atoms with E-state index in [-0.39, 0.29) is 22.8 Å². The average Bonchev–Trinajstić information content (AvgIpc) is 3.64. The molecule has 2 fully saturated rings. The van der Waals surface area contributed by atoms with Gasteiger partial charge < -0.3 is 14.2 Å². The molecule has 0 saturated carbocycles. The number of aryl methyl sites for hydroxylation is 1. The Bertz CT molecular complexity index is 1670. The molecule has 0 amide bonds. The fraction of sp³-hybridized carbons (Fsp3) is 0.552. The van der Waals surface area contributed by atoms with E-state index in [1.54, 1.807) is 37.0 Å². The maximum absolute atomic E-state index is 16.0. The lowest BCUT2D eigenvalue weighted by Crippen LogP contribution is -2.36. The number of anilines is 1. The van der Waals surface area contributed by atoms with Gasteiger partial charge in [0.1, 0.15) is 17.7 Å². The van der Waals surface area contributed by atoms with E-state index in [0.29, 0.717) is 58.2 Å². The van der Waals surface area contributed by atoms with E-state index in [1.807, 2.05) is 4.57 Å². The molecule has 3 aromatic heterocycles. The maximum atomic E-state index is 16.0. The summed E-state index contributed by atoms with van der Waals surface area (Å²) in [6.07, 6.45) is 6.31. The van der Waals surface area contributed by atoms with Crippen molar-refractivity contribution in [3.63, 3.8) is 0 Å². The Kier molecular flexibility index (Phi) is 6.86. The van der Waals surface area contributed by atoms with Crippen LogP contribution in [0.15, 0.2) is 23.1 Å². The molecule has 1 aromatic carbocycles. The van der Waals surface area contributed by atoms with Gasteiger partial charge in [-0.25, -0.2) is 4.39 Å². The SMILES string of the molecule is CC[C@@H]1C[C@@H]2CC[C@H]1N2c1nc2c(c(-c3ccc4nn(C)c(Cl)c4c3F)cn2COCC[Si](C)(C)C)c(=O)n1C. The summed E-state index contributed by atoms with van der Waals surface area (Å²) in [4.78, 5) is 21.6. The normalized spacial score (nSPS) is 21.0. The van der Waals surface area contributed by atoms with Crippen molar-refractivity contribution in [2.75, 3.05) is 11.5 Å². The topological polar surface area (TPSA) is 70.1 Å². The molecule has 11 heteroatoms. The molecular formula is C29H38ClFN6O2Si. The van der Waals surface area contributed by atoms with Crippen LogP contribution in [0.25, 0.3) is 33.1 Å². The fourth-order valence-corrected chi connectivity index (χ4v) is 7.64. The van der Waals surface area contributed by atoms with E-state index in [1.165, 1.54) is 4.68 Å². The molecule has 40 heavy (non-hydrogen) atoms. The molecule has 2 aliphatic heterocycles. The number of aromatic nitrogens is 5. The molecule has 5 heterocycles. The van der Waals surface area contributed by atoms with Gasteiger partial charge in [-0.2, -0.15) is 10.1 Å². The van der Waals surface area contributed by atoms with Gasteiger partial charge in [-0.3, -0.25) is 14.0 Å². The Morgan fingerprint density at radius 1 is 1.15 bits per heavy atom. The molecule has 4 aromatic rings. The summed E-state index contributed by atoms with van der Waals surface area (Å²) in [5.74, 6) is 0.813. The first kappa shape index (κ1) is 27.5. The van der Waals surface area contributed by atoms with E-state index in [0.717, 1.165) is 31.7 Å². The van der Waals surface area contributed by atoms with Crippen LogP contribution in [0.5, 0.6) is 0 Å². The maximum Gasteiger partial charge on any atom is 0.264 e. The Morgan fingerprint density at radius 2 is 1.93 bits per heavy atom. The zero-order chi connectivity index (χ0) is 28.5. The second-order valence-corrected chi connectivity index (χ2v) is 18.7. The van der Waals surface area contributed by atoms with Gasteiger partial charge in [0, 0.05) is 58.2 Å². The number of benzene rings is 1. The Hall–Kier alpha value is -2.69. The summed E-state index contributed by atoms with van der Waals surface area (Å²) in [5.41, 5.74) is 1.59. The van der Waals surface area contributed by atoms with Crippen molar-refractivity contribution in [3.05, 3.63) is 39.7 Å². The lowest BCUT2D eigenvalue weighted by Gasteiger charge is -2.26. The number of ether oxygens (including phenoxy) is 1. The summed E-state index contributed by atoms with van der Waals surface area (Å²) in [7, 11) is 2.19. The summed E-state index contributed by atoms with van der Waals surface area (Å²) in [5, 5.41) is 5.15. The lowest BCUT2D eigenvalue weighted by atomic mass is 9.87. The molecule has 6 rings (SSSR count). The van der Waals surface area contributed by atoms with Crippen LogP contribution in [-0.2, 0) is 25.6 Å². The minimum Gasteiger partial charge on any atom is -0.361 e. The molecule has 0 spiro atoms. The smallest absolute Gasteiger partial charge is 0.264 e. The number of nitrogens with zero attached hydrogens (tertiary/aromatic N) is 6. The van der Waals surface area contributed by atoms with Gasteiger partial charge in [0.2, 0.25) is 5.95 Å². The standard InChI is InChI=1S/C29H38ClFN6O2Si/c1-7-17-14-18-8-11-22(17)37(18)29-32-27-23(28(38)34(29)2)20(15-36(27)16-39-12-13-40(4,5)6)19-9-10-21-24(25(19)31)26(30)35(3)33-21/h9-10,15,17-18,22H,7-8,11-14,16H2,1-6H3/t17-,18+,22-/m1/s1. The highest BCUT2D eigenvalue weighted by Gasteiger charge is 2.47. The van der Waals surface area contributed by atoms with Crippen LogP contribution < -0.4 is 10.5 Å². The molecule has 2 saturated heterocycles. The number of hydrogen-bond acceptors (Lipinski definition) is 5. The van der Waals surface area contributed by atoms with Crippen LogP contribution in [0.4, 0.5) is 10.3 Å². The predicted molar refractivity (Wildman–Crippen MR) is 161 cm³/mol. The molecule has 2 bridgehead atoms.